The molecule has 0 saturated heterocycles. The maximum absolute atomic E-state index is 13.6. The lowest BCUT2D eigenvalue weighted by molar-refractivity contribution is 0.0984. The van der Waals surface area contributed by atoms with E-state index in [9.17, 15) is 40.1 Å². The second-order valence-electron chi connectivity index (χ2n) is 11.2. The Morgan fingerprint density at radius 3 is 1.67 bits per heavy atom. The van der Waals surface area contributed by atoms with Gasteiger partial charge in [0.25, 0.3) is 5.76 Å². The second-order valence-corrected chi connectivity index (χ2v) is 15.0. The van der Waals surface area contributed by atoms with Crippen molar-refractivity contribution in [2.45, 2.75) is 47.0 Å². The van der Waals surface area contributed by atoms with Crippen molar-refractivity contribution < 1.29 is 49.6 Å². The van der Waals surface area contributed by atoms with E-state index in [2.05, 4.69) is 8.73 Å². The van der Waals surface area contributed by atoms with E-state index in [0.717, 1.165) is 36.5 Å². The Morgan fingerprint density at radius 1 is 0.691 bits per heavy atom. The fourth-order valence-electron chi connectivity index (χ4n) is 5.76. The van der Waals surface area contributed by atoms with E-state index in [1.807, 2.05) is 0 Å². The van der Waals surface area contributed by atoms with Gasteiger partial charge in [-0.1, -0.05) is 0 Å². The molecule has 0 amide bonds. The molecule has 0 saturated carbocycles. The van der Waals surface area contributed by atoms with E-state index in [1.165, 1.54) is 36.5 Å². The van der Waals surface area contributed by atoms with E-state index >= 15 is 0 Å². The van der Waals surface area contributed by atoms with Crippen LogP contribution in [0.3, 0.4) is 0 Å². The van der Waals surface area contributed by atoms with Crippen molar-refractivity contribution in [1.29, 1.82) is 21.0 Å². The first-order valence-electron chi connectivity index (χ1n) is 15.4. The maximum Gasteiger partial charge on any atom is 0.324 e. The minimum absolute atomic E-state index is 0.00615. The summed E-state index contributed by atoms with van der Waals surface area (Å²) >= 11 is 0. The average molecular weight is 795 g/mol. The molecule has 0 bridgehead atoms. The van der Waals surface area contributed by atoms with Gasteiger partial charge in [0.15, 0.2) is 21.3 Å². The summed E-state index contributed by atoms with van der Waals surface area (Å²) in [6, 6.07) is 15.2. The molecule has 55 heavy (non-hydrogen) atoms. The van der Waals surface area contributed by atoms with Crippen LogP contribution in [0.1, 0.15) is 55.8 Å². The molecule has 4 aromatic rings. The number of alkyl halides is 4. The molecule has 0 radical (unpaired) electrons. The molecule has 6 rings (SSSR count). The Balaban J connectivity index is 0.000000211. The van der Waals surface area contributed by atoms with Crippen LogP contribution in [-0.2, 0) is 33.3 Å². The molecule has 0 spiro atoms. The largest absolute Gasteiger partial charge is 0.457 e. The SMILES string of the molecule is N#CN=S(=O)(c1ccc(Oc2cc(F)cc(C#N)c2)c2c1C(=O)CC2)C(F)F.N#CN=S(c1ccc(Oc2cc(F)cc(C#N)c2)c2c1C(=O)CC2)C(F)F. The molecule has 0 aromatic heterocycles. The Bertz CT molecular complexity index is 2600. The van der Waals surface area contributed by atoms with Gasteiger partial charge < -0.3 is 9.47 Å². The summed E-state index contributed by atoms with van der Waals surface area (Å²) in [5.74, 6) is -8.34. The molecular weight excluding hydrogens is 775 g/mol. The Hall–Kier alpha value is -6.54. The molecule has 2 atom stereocenters. The Labute approximate surface area is 310 Å². The van der Waals surface area contributed by atoms with Crippen LogP contribution in [0.5, 0.6) is 23.0 Å². The van der Waals surface area contributed by atoms with Gasteiger partial charge in [-0.2, -0.15) is 38.6 Å². The number of halogens is 6. The van der Waals surface area contributed by atoms with Crippen LogP contribution < -0.4 is 9.47 Å². The predicted octanol–water partition coefficient (Wildman–Crippen LogP) is 8.63. The molecule has 0 heterocycles. The number of carbonyl (C=O) groups is 2. The van der Waals surface area contributed by atoms with Crippen molar-refractivity contribution in [3.05, 3.63) is 106 Å². The molecule has 4 aromatic carbocycles. The van der Waals surface area contributed by atoms with Gasteiger partial charge in [-0.25, -0.2) is 13.0 Å². The summed E-state index contributed by atoms with van der Waals surface area (Å²) < 4.78 is 110. The number of Topliss-reactive ketones (excluding diaryl/α,β-unsaturated/α-hetero) is 2. The number of benzene rings is 4. The third kappa shape index (κ3) is 8.34. The normalized spacial score (nSPS) is 14.3. The highest BCUT2D eigenvalue weighted by molar-refractivity contribution is 7.94. The van der Waals surface area contributed by atoms with Gasteiger partial charge in [-0.15, -0.1) is 8.73 Å². The van der Waals surface area contributed by atoms with Crippen LogP contribution in [-0.4, -0.2) is 27.3 Å². The van der Waals surface area contributed by atoms with Crippen molar-refractivity contribution in [1.82, 2.24) is 0 Å². The van der Waals surface area contributed by atoms with Gasteiger partial charge in [-0.3, -0.25) is 9.59 Å². The van der Waals surface area contributed by atoms with Crippen LogP contribution in [0.4, 0.5) is 26.3 Å². The number of nitriles is 4. The lowest BCUT2D eigenvalue weighted by Crippen LogP contribution is -2.15. The second kappa shape index (κ2) is 16.6. The minimum atomic E-state index is -4.45. The summed E-state index contributed by atoms with van der Waals surface area (Å²) in [5, 5.41) is 35.2. The third-order valence-corrected chi connectivity index (χ3v) is 11.2. The van der Waals surface area contributed by atoms with Gasteiger partial charge >= 0.3 is 5.76 Å². The lowest BCUT2D eigenvalue weighted by Gasteiger charge is -2.15. The molecule has 2 aliphatic carbocycles. The predicted molar refractivity (Wildman–Crippen MR) is 181 cm³/mol. The molecule has 0 N–H and O–H groups in total. The first-order chi connectivity index (χ1) is 26.2. The van der Waals surface area contributed by atoms with E-state index in [0.29, 0.717) is 5.56 Å². The van der Waals surface area contributed by atoms with Crippen LogP contribution in [0.2, 0.25) is 0 Å². The molecule has 19 heteroatoms. The highest BCUT2D eigenvalue weighted by Crippen LogP contribution is 2.41. The summed E-state index contributed by atoms with van der Waals surface area (Å²) in [6.45, 7) is 0. The Kier molecular flexibility index (Phi) is 12.0. The number of rotatable bonds is 8. The number of hydrogen-bond acceptors (Lipinski definition) is 11. The molecule has 0 aliphatic heterocycles. The van der Waals surface area contributed by atoms with E-state index < -0.39 is 54.2 Å². The van der Waals surface area contributed by atoms with Gasteiger partial charge in [-0.05, 0) is 61.4 Å². The fraction of sp³-hybridized carbons (Fsp3) is 0.167. The summed E-state index contributed by atoms with van der Waals surface area (Å²) in [6.07, 6.45) is 2.97. The molecule has 2 unspecified atom stereocenters. The van der Waals surface area contributed by atoms with Gasteiger partial charge in [0.2, 0.25) is 12.4 Å². The van der Waals surface area contributed by atoms with Crippen molar-refractivity contribution in [2.24, 2.45) is 8.73 Å². The van der Waals surface area contributed by atoms with Crippen LogP contribution in [0, 0.1) is 57.2 Å². The standard InChI is InChI=1S/C18H10F3N3O3S.C18H10F3N3O2S/c19-11-5-10(8-22)6-12(7-11)27-15-3-4-16(17-13(15)1-2-14(17)25)28(26,18(20)21)24-9-23;19-11-5-10(8-22)6-12(7-11)26-15-3-4-16(27(18(20)21)24-9-23)17-13(15)1-2-14(17)25/h3-7,18H,1-2H2;3-7,18H,1-2H2. The fourth-order valence-corrected chi connectivity index (χ4v) is 8.15. The average Bonchev–Trinajstić information content (AvgIpc) is 3.74. The summed E-state index contributed by atoms with van der Waals surface area (Å²) in [5.41, 5.74) is 0.540. The van der Waals surface area contributed by atoms with Crippen molar-refractivity contribution in [3.8, 4) is 47.5 Å². The number of hydrogen-bond donors (Lipinski definition) is 0. The topological polar surface area (TPSA) is 190 Å². The highest BCUT2D eigenvalue weighted by Gasteiger charge is 2.35. The summed E-state index contributed by atoms with van der Waals surface area (Å²) in [7, 11) is -6.50. The number of fused-ring (bicyclic) bond motifs is 2. The number of carbonyl (C=O) groups excluding carboxylic acids is 2. The van der Waals surface area contributed by atoms with Crippen molar-refractivity contribution in [3.63, 3.8) is 0 Å². The smallest absolute Gasteiger partial charge is 0.324 e. The van der Waals surface area contributed by atoms with Gasteiger partial charge in [0.1, 0.15) is 34.6 Å². The zero-order valence-electron chi connectivity index (χ0n) is 27.6. The van der Waals surface area contributed by atoms with Gasteiger partial charge in [0, 0.05) is 62.8 Å². The summed E-state index contributed by atoms with van der Waals surface area (Å²) in [4.78, 5) is 24.0. The lowest BCUT2D eigenvalue weighted by atomic mass is 10.1. The Morgan fingerprint density at radius 2 is 1.20 bits per heavy atom. The van der Waals surface area contributed by atoms with Crippen molar-refractivity contribution in [2.75, 3.05) is 0 Å². The van der Waals surface area contributed by atoms with Crippen molar-refractivity contribution >= 4 is 32.0 Å². The van der Waals surface area contributed by atoms with E-state index in [4.69, 9.17) is 30.5 Å². The maximum atomic E-state index is 13.6. The zero-order valence-corrected chi connectivity index (χ0v) is 29.2. The first kappa shape index (κ1) is 39.7. The highest BCUT2D eigenvalue weighted by atomic mass is 32.2. The number of nitrogens with zero attached hydrogens (tertiary/aromatic N) is 6. The molecule has 11 nitrogen and oxygen atoms in total. The van der Waals surface area contributed by atoms with E-state index in [1.54, 1.807) is 12.1 Å². The zero-order chi connectivity index (χ0) is 40.0. The van der Waals surface area contributed by atoms with Crippen LogP contribution >= 0.6 is 0 Å². The number of ether oxygens (including phenoxy) is 2. The molecular formula is C36H20F6N6O5S2. The van der Waals surface area contributed by atoms with Crippen LogP contribution in [0.15, 0.2) is 79.2 Å². The molecule has 278 valence electrons. The monoisotopic (exact) mass is 794 g/mol. The minimum Gasteiger partial charge on any atom is -0.457 e. The quantitative estimate of drug-likeness (QED) is 0.124. The van der Waals surface area contributed by atoms with Crippen LogP contribution in [0.25, 0.3) is 0 Å². The molecule has 2 aliphatic rings. The third-order valence-electron chi connectivity index (χ3n) is 7.95. The van der Waals surface area contributed by atoms with E-state index in [-0.39, 0.29) is 87.2 Å². The molecule has 0 fully saturated rings. The first-order valence-corrected chi connectivity index (χ1v) is 18.3. The number of ketones is 2. The van der Waals surface area contributed by atoms with Gasteiger partial charge in [0.05, 0.1) is 28.2 Å².